The molecule has 0 saturated heterocycles. The zero-order valence-electron chi connectivity index (χ0n) is 12.7. The van der Waals surface area contributed by atoms with Gasteiger partial charge in [0, 0.05) is 17.5 Å². The molecule has 0 aliphatic rings. The normalized spacial score (nSPS) is 12.0. The lowest BCUT2D eigenvalue weighted by Crippen LogP contribution is -2.04. The Morgan fingerprint density at radius 3 is 2.39 bits per heavy atom. The number of aromatic nitrogens is 2. The minimum Gasteiger partial charge on any atom is -0.327 e. The summed E-state index contributed by atoms with van der Waals surface area (Å²) in [4.78, 5) is 5.55. The Morgan fingerprint density at radius 1 is 1.09 bits per heavy atom. The quantitative estimate of drug-likeness (QED) is 0.598. The fraction of sp³-hybridized carbons (Fsp3) is 0.235. The second-order valence-corrected chi connectivity index (χ2v) is 6.49. The van der Waals surface area contributed by atoms with Crippen LogP contribution in [0.2, 0.25) is 0 Å². The van der Waals surface area contributed by atoms with E-state index in [1.807, 2.05) is 35.9 Å². The Labute approximate surface area is 136 Å². The molecule has 0 aliphatic heterocycles. The highest BCUT2D eigenvalue weighted by molar-refractivity contribution is 7.99. The summed E-state index contributed by atoms with van der Waals surface area (Å²) in [6.07, 6.45) is -4.36. The van der Waals surface area contributed by atoms with Crippen LogP contribution in [0, 0.1) is 0 Å². The molecule has 1 aromatic heterocycles. The number of hydrogen-bond acceptors (Lipinski definition) is 2. The van der Waals surface area contributed by atoms with Crippen LogP contribution in [-0.2, 0) is 13.2 Å². The second-order valence-electron chi connectivity index (χ2n) is 5.15. The van der Waals surface area contributed by atoms with Gasteiger partial charge < -0.3 is 4.57 Å². The number of halogens is 3. The van der Waals surface area contributed by atoms with E-state index in [0.29, 0.717) is 16.9 Å². The van der Waals surface area contributed by atoms with E-state index < -0.39 is 11.7 Å². The van der Waals surface area contributed by atoms with Crippen molar-refractivity contribution in [3.63, 3.8) is 0 Å². The monoisotopic (exact) mass is 336 g/mol. The van der Waals surface area contributed by atoms with Gasteiger partial charge in [0.25, 0.3) is 0 Å². The number of thioether (sulfide) groups is 1. The van der Waals surface area contributed by atoms with E-state index in [1.165, 1.54) is 6.07 Å². The molecule has 3 aromatic rings. The average Bonchev–Trinajstić information content (AvgIpc) is 2.84. The molecule has 3 rings (SSSR count). The first-order valence-electron chi connectivity index (χ1n) is 7.17. The van der Waals surface area contributed by atoms with Crippen LogP contribution in [0.5, 0.6) is 0 Å². The third-order valence-corrected chi connectivity index (χ3v) is 4.53. The first-order valence-corrected chi connectivity index (χ1v) is 8.15. The van der Waals surface area contributed by atoms with Crippen LogP contribution < -0.4 is 0 Å². The Morgan fingerprint density at radius 2 is 1.78 bits per heavy atom. The largest absolute Gasteiger partial charge is 0.416 e. The molecule has 0 spiro atoms. The summed E-state index contributed by atoms with van der Waals surface area (Å²) in [6, 6.07) is 11.6. The van der Waals surface area contributed by atoms with Crippen molar-refractivity contribution in [1.82, 2.24) is 9.55 Å². The van der Waals surface area contributed by atoms with Gasteiger partial charge in [-0.3, -0.25) is 0 Å². The summed E-state index contributed by atoms with van der Waals surface area (Å²) in [6.45, 7) is 2.09. The van der Waals surface area contributed by atoms with Crippen LogP contribution in [0.25, 0.3) is 22.4 Å². The molecule has 1 heterocycles. The molecule has 0 unspecified atom stereocenters. The maximum absolute atomic E-state index is 12.8. The molecule has 0 N–H and O–H groups in total. The summed E-state index contributed by atoms with van der Waals surface area (Å²) < 4.78 is 40.3. The van der Waals surface area contributed by atoms with Gasteiger partial charge in [-0.1, -0.05) is 19.1 Å². The van der Waals surface area contributed by atoms with Crippen molar-refractivity contribution in [1.29, 1.82) is 0 Å². The molecule has 120 valence electrons. The van der Waals surface area contributed by atoms with Crippen molar-refractivity contribution in [3.05, 3.63) is 48.0 Å². The average molecular weight is 336 g/mol. The molecule has 0 saturated carbocycles. The predicted octanol–water partition coefficient (Wildman–Crippen LogP) is 5.37. The van der Waals surface area contributed by atoms with Gasteiger partial charge in [0.2, 0.25) is 0 Å². The lowest BCUT2D eigenvalue weighted by Gasteiger charge is -2.06. The van der Waals surface area contributed by atoms with E-state index in [2.05, 4.69) is 11.9 Å². The number of rotatable bonds is 3. The van der Waals surface area contributed by atoms with Crippen molar-refractivity contribution in [2.75, 3.05) is 5.75 Å². The minimum absolute atomic E-state index is 0.351. The minimum atomic E-state index is -4.36. The van der Waals surface area contributed by atoms with Gasteiger partial charge in [-0.15, -0.1) is 11.8 Å². The zero-order chi connectivity index (χ0) is 16.6. The Bertz CT molecular complexity index is 835. The van der Waals surface area contributed by atoms with E-state index in [-0.39, 0.29) is 0 Å². The maximum atomic E-state index is 12.8. The van der Waals surface area contributed by atoms with Gasteiger partial charge in [0.1, 0.15) is 5.82 Å². The first kappa shape index (κ1) is 15.9. The van der Waals surface area contributed by atoms with Crippen molar-refractivity contribution in [2.45, 2.75) is 18.0 Å². The van der Waals surface area contributed by atoms with Crippen molar-refractivity contribution >= 4 is 22.8 Å². The smallest absolute Gasteiger partial charge is 0.327 e. The summed E-state index contributed by atoms with van der Waals surface area (Å²) in [5.74, 6) is 1.65. The lowest BCUT2D eigenvalue weighted by molar-refractivity contribution is -0.137. The van der Waals surface area contributed by atoms with Crippen LogP contribution >= 0.6 is 11.8 Å². The van der Waals surface area contributed by atoms with Crippen molar-refractivity contribution < 1.29 is 13.2 Å². The van der Waals surface area contributed by atoms with Gasteiger partial charge in [-0.25, -0.2) is 4.98 Å². The number of hydrogen-bond donors (Lipinski definition) is 0. The number of aryl methyl sites for hydroxylation is 1. The Balaban J connectivity index is 2.06. The van der Waals surface area contributed by atoms with Crippen LogP contribution in [0.4, 0.5) is 13.2 Å². The van der Waals surface area contributed by atoms with Crippen molar-refractivity contribution in [3.8, 4) is 11.4 Å². The summed E-state index contributed by atoms with van der Waals surface area (Å²) in [5, 5.41) is 0. The molecule has 0 bridgehead atoms. The van der Waals surface area contributed by atoms with E-state index >= 15 is 0 Å². The molecule has 0 amide bonds. The molecule has 23 heavy (non-hydrogen) atoms. The number of fused-ring (bicyclic) bond motifs is 1. The molecular weight excluding hydrogens is 321 g/mol. The predicted molar refractivity (Wildman–Crippen MR) is 87.6 cm³/mol. The molecule has 0 atom stereocenters. The standard InChI is InChI=1S/C17H15F3N2S/c1-3-23-13-7-4-11(5-8-13)16-21-14-10-12(17(18,19)20)6-9-15(14)22(16)2/h4-10H,3H2,1-2H3. The Hall–Kier alpha value is -1.95. The molecule has 2 nitrogen and oxygen atoms in total. The third-order valence-electron chi connectivity index (χ3n) is 3.63. The Kier molecular flexibility index (Phi) is 4.10. The fourth-order valence-corrected chi connectivity index (χ4v) is 3.16. The number of benzene rings is 2. The van der Waals surface area contributed by atoms with Crippen LogP contribution in [0.1, 0.15) is 12.5 Å². The van der Waals surface area contributed by atoms with Gasteiger partial charge in [-0.2, -0.15) is 13.2 Å². The second kappa shape index (κ2) is 5.92. The van der Waals surface area contributed by atoms with Gasteiger partial charge in [0.05, 0.1) is 16.6 Å². The molecule has 2 aromatic carbocycles. The topological polar surface area (TPSA) is 17.8 Å². The van der Waals surface area contributed by atoms with Gasteiger partial charge in [0.15, 0.2) is 0 Å². The summed E-state index contributed by atoms with van der Waals surface area (Å²) in [7, 11) is 1.81. The highest BCUT2D eigenvalue weighted by Gasteiger charge is 2.31. The summed E-state index contributed by atoms with van der Waals surface area (Å²) in [5.41, 5.74) is 1.24. The summed E-state index contributed by atoms with van der Waals surface area (Å²) >= 11 is 1.74. The van der Waals surface area contributed by atoms with E-state index in [9.17, 15) is 13.2 Å². The van der Waals surface area contributed by atoms with Crippen LogP contribution in [-0.4, -0.2) is 15.3 Å². The number of alkyl halides is 3. The molecule has 6 heteroatoms. The van der Waals surface area contributed by atoms with E-state index in [0.717, 1.165) is 28.3 Å². The van der Waals surface area contributed by atoms with E-state index in [4.69, 9.17) is 0 Å². The van der Waals surface area contributed by atoms with Crippen molar-refractivity contribution in [2.24, 2.45) is 7.05 Å². The fourth-order valence-electron chi connectivity index (χ4n) is 2.50. The van der Waals surface area contributed by atoms with Gasteiger partial charge in [-0.05, 0) is 36.1 Å². The van der Waals surface area contributed by atoms with Gasteiger partial charge >= 0.3 is 6.18 Å². The number of imidazole rings is 1. The molecule has 0 aliphatic carbocycles. The lowest BCUT2D eigenvalue weighted by atomic mass is 10.2. The SMILES string of the molecule is CCSc1ccc(-c2nc3cc(C(F)(F)F)ccc3n2C)cc1. The maximum Gasteiger partial charge on any atom is 0.416 e. The highest BCUT2D eigenvalue weighted by atomic mass is 32.2. The number of nitrogens with zero attached hydrogens (tertiary/aromatic N) is 2. The molecule has 0 radical (unpaired) electrons. The highest BCUT2D eigenvalue weighted by Crippen LogP contribution is 2.33. The molecule has 0 fully saturated rings. The van der Waals surface area contributed by atoms with E-state index in [1.54, 1.807) is 11.8 Å². The zero-order valence-corrected chi connectivity index (χ0v) is 13.5. The van der Waals surface area contributed by atoms with Crippen LogP contribution in [0.3, 0.4) is 0 Å². The molecular formula is C17H15F3N2S. The first-order chi connectivity index (χ1) is 10.9. The van der Waals surface area contributed by atoms with Crippen LogP contribution in [0.15, 0.2) is 47.4 Å². The third kappa shape index (κ3) is 3.08.